The van der Waals surface area contributed by atoms with E-state index in [1.54, 1.807) is 20.8 Å². The maximum absolute atomic E-state index is 13.5. The molecule has 0 aromatic heterocycles. The van der Waals surface area contributed by atoms with Crippen molar-refractivity contribution >= 4 is 12.1 Å². The van der Waals surface area contributed by atoms with Crippen molar-refractivity contribution in [2.45, 2.75) is 26.4 Å². The number of carbonyl (C=O) groups is 2. The molecule has 0 aliphatic heterocycles. The molecule has 0 fully saturated rings. The van der Waals surface area contributed by atoms with Crippen molar-refractivity contribution < 1.29 is 33.0 Å². The Labute approximate surface area is 161 Å². The number of carboxylic acids is 1. The first-order chi connectivity index (χ1) is 13.0. The highest BCUT2D eigenvalue weighted by atomic mass is 19.2. The number of rotatable bonds is 6. The van der Waals surface area contributed by atoms with Crippen LogP contribution in [0.25, 0.3) is 11.1 Å². The van der Waals surface area contributed by atoms with Crippen molar-refractivity contribution in [2.75, 3.05) is 13.2 Å². The summed E-state index contributed by atoms with van der Waals surface area (Å²) in [5.41, 5.74) is -0.0370. The fourth-order valence-corrected chi connectivity index (χ4v) is 2.28. The van der Waals surface area contributed by atoms with Crippen molar-refractivity contribution in [1.82, 2.24) is 5.32 Å². The van der Waals surface area contributed by atoms with Crippen LogP contribution in [0.3, 0.4) is 0 Å². The first kappa shape index (κ1) is 21.1. The van der Waals surface area contributed by atoms with Gasteiger partial charge in [-0.3, -0.25) is 0 Å². The van der Waals surface area contributed by atoms with Crippen LogP contribution < -0.4 is 10.1 Å². The van der Waals surface area contributed by atoms with Crippen molar-refractivity contribution in [3.63, 3.8) is 0 Å². The lowest BCUT2D eigenvalue weighted by molar-refractivity contribution is 0.0520. The Morgan fingerprint density at radius 3 is 2.36 bits per heavy atom. The second kappa shape index (κ2) is 8.69. The summed E-state index contributed by atoms with van der Waals surface area (Å²) >= 11 is 0. The molecule has 28 heavy (non-hydrogen) atoms. The Kier molecular flexibility index (Phi) is 6.56. The van der Waals surface area contributed by atoms with Crippen LogP contribution in [0.1, 0.15) is 31.1 Å². The molecule has 0 unspecified atom stereocenters. The third-order valence-electron chi connectivity index (χ3n) is 3.45. The average molecular weight is 393 g/mol. The van der Waals surface area contributed by atoms with E-state index in [1.165, 1.54) is 24.3 Å². The molecule has 1 amide bonds. The molecule has 0 aliphatic rings. The summed E-state index contributed by atoms with van der Waals surface area (Å²) in [6, 6.07) is 7.42. The Bertz CT molecular complexity index is 877. The minimum atomic E-state index is -1.19. The Morgan fingerprint density at radius 2 is 1.75 bits per heavy atom. The number of benzene rings is 2. The van der Waals surface area contributed by atoms with Gasteiger partial charge in [-0.1, -0.05) is 6.07 Å². The summed E-state index contributed by atoms with van der Waals surface area (Å²) in [7, 11) is 0. The van der Waals surface area contributed by atoms with Crippen LogP contribution in [0.15, 0.2) is 36.4 Å². The molecule has 2 N–H and O–H groups in total. The van der Waals surface area contributed by atoms with Crippen molar-refractivity contribution in [2.24, 2.45) is 0 Å². The van der Waals surface area contributed by atoms with E-state index in [0.717, 1.165) is 12.1 Å². The van der Waals surface area contributed by atoms with Gasteiger partial charge in [-0.2, -0.15) is 0 Å². The monoisotopic (exact) mass is 393 g/mol. The summed E-state index contributed by atoms with van der Waals surface area (Å²) < 4.78 is 37.2. The van der Waals surface area contributed by atoms with Crippen molar-refractivity contribution in [3.8, 4) is 16.9 Å². The van der Waals surface area contributed by atoms with Gasteiger partial charge in [0.05, 0.1) is 12.1 Å². The Balaban J connectivity index is 2.09. The summed E-state index contributed by atoms with van der Waals surface area (Å²) in [4.78, 5) is 22.9. The molecular weight excluding hydrogens is 372 g/mol. The van der Waals surface area contributed by atoms with Crippen LogP contribution in [0, 0.1) is 11.6 Å². The van der Waals surface area contributed by atoms with Crippen LogP contribution in [0.4, 0.5) is 13.6 Å². The van der Waals surface area contributed by atoms with Gasteiger partial charge in [0, 0.05) is 0 Å². The van der Waals surface area contributed by atoms with E-state index in [1.807, 2.05) is 0 Å². The SMILES string of the molecule is CC(C)(C)OC(=O)NCCOc1cc(C(=O)O)cc(-c2ccc(F)c(F)c2)c1. The molecule has 0 atom stereocenters. The number of hydrogen-bond acceptors (Lipinski definition) is 4. The standard InChI is InChI=1S/C20H21F2NO5/c1-20(2,3)28-19(26)23-6-7-27-15-9-13(8-14(10-15)18(24)25)12-4-5-16(21)17(22)11-12/h4-5,8-11H,6-7H2,1-3H3,(H,23,26)(H,24,25). The smallest absolute Gasteiger partial charge is 0.407 e. The van der Waals surface area contributed by atoms with E-state index in [-0.39, 0.29) is 24.5 Å². The molecule has 8 heteroatoms. The van der Waals surface area contributed by atoms with Gasteiger partial charge in [0.25, 0.3) is 0 Å². The van der Waals surface area contributed by atoms with Gasteiger partial charge in [0.1, 0.15) is 18.0 Å². The van der Waals surface area contributed by atoms with Crippen LogP contribution in [0.2, 0.25) is 0 Å². The van der Waals surface area contributed by atoms with Gasteiger partial charge in [0.15, 0.2) is 11.6 Å². The van der Waals surface area contributed by atoms with Gasteiger partial charge in [-0.15, -0.1) is 0 Å². The molecule has 2 aromatic carbocycles. The minimum Gasteiger partial charge on any atom is -0.492 e. The molecule has 6 nitrogen and oxygen atoms in total. The quantitative estimate of drug-likeness (QED) is 0.718. The highest BCUT2D eigenvalue weighted by Gasteiger charge is 2.16. The number of amides is 1. The summed E-state index contributed by atoms with van der Waals surface area (Å²) in [6.07, 6.45) is -0.599. The zero-order valence-electron chi connectivity index (χ0n) is 15.7. The Morgan fingerprint density at radius 1 is 1.04 bits per heavy atom. The highest BCUT2D eigenvalue weighted by molar-refractivity contribution is 5.90. The summed E-state index contributed by atoms with van der Waals surface area (Å²) in [5, 5.41) is 11.8. The third-order valence-corrected chi connectivity index (χ3v) is 3.45. The number of alkyl carbamates (subject to hydrolysis) is 1. The second-order valence-corrected chi connectivity index (χ2v) is 6.96. The number of nitrogens with one attached hydrogen (secondary N) is 1. The van der Waals surface area contributed by atoms with E-state index in [4.69, 9.17) is 9.47 Å². The molecule has 0 spiro atoms. The molecule has 150 valence electrons. The maximum atomic E-state index is 13.5. The predicted octanol–water partition coefficient (Wildman–Crippen LogP) is 4.23. The van der Waals surface area contributed by atoms with Gasteiger partial charge in [-0.05, 0) is 62.2 Å². The topological polar surface area (TPSA) is 84.9 Å². The van der Waals surface area contributed by atoms with E-state index < -0.39 is 29.3 Å². The fraction of sp³-hybridized carbons (Fsp3) is 0.300. The minimum absolute atomic E-state index is 0.0551. The lowest BCUT2D eigenvalue weighted by atomic mass is 10.0. The van der Waals surface area contributed by atoms with Crippen LogP contribution in [-0.2, 0) is 4.74 Å². The number of carboxylic acid groups (broad SMARTS) is 1. The van der Waals surface area contributed by atoms with Gasteiger partial charge < -0.3 is 19.9 Å². The lowest BCUT2D eigenvalue weighted by Crippen LogP contribution is -2.34. The Hall–Kier alpha value is -3.16. The fourth-order valence-electron chi connectivity index (χ4n) is 2.28. The summed E-state index contributed by atoms with van der Waals surface area (Å²) in [6.45, 7) is 5.40. The van der Waals surface area contributed by atoms with Crippen molar-refractivity contribution in [1.29, 1.82) is 0 Å². The van der Waals surface area contributed by atoms with E-state index in [2.05, 4.69) is 5.32 Å². The first-order valence-corrected chi connectivity index (χ1v) is 8.48. The number of ether oxygens (including phenoxy) is 2. The molecule has 2 rings (SSSR count). The molecule has 0 saturated heterocycles. The third kappa shape index (κ3) is 6.22. The van der Waals surface area contributed by atoms with E-state index in [0.29, 0.717) is 11.1 Å². The van der Waals surface area contributed by atoms with E-state index in [9.17, 15) is 23.5 Å². The zero-order valence-corrected chi connectivity index (χ0v) is 15.7. The molecular formula is C20H21F2NO5. The molecule has 0 aliphatic carbocycles. The zero-order chi connectivity index (χ0) is 20.9. The number of aromatic carboxylic acids is 1. The molecule has 2 aromatic rings. The van der Waals surface area contributed by atoms with Crippen LogP contribution in [-0.4, -0.2) is 35.9 Å². The second-order valence-electron chi connectivity index (χ2n) is 6.96. The number of carbonyl (C=O) groups excluding carboxylic acids is 1. The summed E-state index contributed by atoms with van der Waals surface area (Å²) in [5.74, 6) is -3.02. The molecule has 0 saturated carbocycles. The van der Waals surface area contributed by atoms with Gasteiger partial charge >= 0.3 is 12.1 Å². The molecule has 0 heterocycles. The largest absolute Gasteiger partial charge is 0.492 e. The predicted molar refractivity (Wildman–Crippen MR) is 98.5 cm³/mol. The average Bonchev–Trinajstić information content (AvgIpc) is 2.59. The van der Waals surface area contributed by atoms with E-state index >= 15 is 0 Å². The molecule has 0 radical (unpaired) electrons. The first-order valence-electron chi connectivity index (χ1n) is 8.48. The van der Waals surface area contributed by atoms with Crippen LogP contribution >= 0.6 is 0 Å². The normalized spacial score (nSPS) is 11.0. The maximum Gasteiger partial charge on any atom is 0.407 e. The highest BCUT2D eigenvalue weighted by Crippen LogP contribution is 2.27. The van der Waals surface area contributed by atoms with Gasteiger partial charge in [0.2, 0.25) is 0 Å². The van der Waals surface area contributed by atoms with Crippen molar-refractivity contribution in [3.05, 3.63) is 53.6 Å². The lowest BCUT2D eigenvalue weighted by Gasteiger charge is -2.19. The molecule has 0 bridgehead atoms. The number of halogens is 2. The number of hydrogen-bond donors (Lipinski definition) is 2. The van der Waals surface area contributed by atoms with Gasteiger partial charge in [-0.25, -0.2) is 18.4 Å². The van der Waals surface area contributed by atoms with Crippen LogP contribution in [0.5, 0.6) is 5.75 Å².